The smallest absolute Gasteiger partial charge is 0.411 e. The van der Waals surface area contributed by atoms with Gasteiger partial charge in [0.05, 0.1) is 0 Å². The van der Waals surface area contributed by atoms with Crippen molar-refractivity contribution in [3.05, 3.63) is 30.2 Å². The molecule has 1 saturated carbocycles. The predicted octanol–water partition coefficient (Wildman–Crippen LogP) is 2.30. The zero-order valence-corrected chi connectivity index (χ0v) is 12.6. The van der Waals surface area contributed by atoms with Gasteiger partial charge in [-0.15, -0.1) is 0 Å². The van der Waals surface area contributed by atoms with Gasteiger partial charge in [-0.05, 0) is 30.5 Å². The highest BCUT2D eigenvalue weighted by Gasteiger charge is 2.69. The first-order chi connectivity index (χ1) is 11.2. The van der Waals surface area contributed by atoms with Crippen molar-refractivity contribution < 1.29 is 27.2 Å². The van der Waals surface area contributed by atoms with E-state index in [9.17, 15) is 22.8 Å². The van der Waals surface area contributed by atoms with Crippen molar-refractivity contribution in [1.29, 1.82) is 0 Å². The fourth-order valence-corrected chi connectivity index (χ4v) is 2.99. The van der Waals surface area contributed by atoms with Crippen molar-refractivity contribution in [2.24, 2.45) is 5.73 Å². The van der Waals surface area contributed by atoms with E-state index in [-0.39, 0.29) is 18.4 Å². The molecule has 9 heteroatoms. The Labute approximate surface area is 134 Å². The summed E-state index contributed by atoms with van der Waals surface area (Å²) in [5, 5.41) is 0. The number of rotatable bonds is 4. The zero-order valence-electron chi connectivity index (χ0n) is 12.6. The van der Waals surface area contributed by atoms with E-state index >= 15 is 0 Å². The number of hydrogen-bond donors (Lipinski definition) is 1. The molecule has 128 valence electrons. The molecule has 6 nitrogen and oxygen atoms in total. The topological polar surface area (TPSA) is 89.4 Å². The largest absolute Gasteiger partial charge is 0.443 e. The Bertz CT molecular complexity index is 811. The van der Waals surface area contributed by atoms with Gasteiger partial charge >= 0.3 is 6.18 Å². The molecule has 1 aliphatic rings. The third-order valence-corrected chi connectivity index (χ3v) is 4.25. The summed E-state index contributed by atoms with van der Waals surface area (Å²) in [5.74, 6) is -1.91. The van der Waals surface area contributed by atoms with E-state index in [2.05, 4.69) is 4.98 Å². The van der Waals surface area contributed by atoms with Crippen LogP contribution >= 0.6 is 0 Å². The van der Waals surface area contributed by atoms with Crippen molar-refractivity contribution in [2.45, 2.75) is 37.5 Å². The lowest BCUT2D eigenvalue weighted by Gasteiger charge is -2.37. The van der Waals surface area contributed by atoms with E-state index in [1.165, 1.54) is 24.6 Å². The first-order valence-electron chi connectivity index (χ1n) is 7.16. The first-order valence-corrected chi connectivity index (χ1v) is 7.16. The maximum atomic E-state index is 13.5. The minimum atomic E-state index is -4.65. The molecule has 0 spiro atoms. The molecule has 1 fully saturated rings. The van der Waals surface area contributed by atoms with E-state index in [0.717, 1.165) is 6.92 Å². The third kappa shape index (κ3) is 2.40. The molecule has 0 aliphatic heterocycles. The summed E-state index contributed by atoms with van der Waals surface area (Å²) in [4.78, 5) is 28.4. The normalized spacial score (nSPS) is 17.5. The SMILES string of the molecule is CC(=O)N(C(C(N)=O)c1ccc2ncoc2c1)C1(C(F)(F)F)CC1. The Morgan fingerprint density at radius 3 is 2.54 bits per heavy atom. The van der Waals surface area contributed by atoms with Crippen molar-refractivity contribution >= 4 is 22.9 Å². The molecule has 24 heavy (non-hydrogen) atoms. The Morgan fingerprint density at radius 2 is 2.04 bits per heavy atom. The summed E-state index contributed by atoms with van der Waals surface area (Å²) in [5.41, 5.74) is 3.92. The minimum Gasteiger partial charge on any atom is -0.443 e. The molecule has 1 aliphatic carbocycles. The third-order valence-electron chi connectivity index (χ3n) is 4.25. The molecule has 2 N–H and O–H groups in total. The molecule has 0 radical (unpaired) electrons. The van der Waals surface area contributed by atoms with E-state index in [0.29, 0.717) is 16.0 Å². The Hall–Kier alpha value is -2.58. The molecule has 2 amide bonds. The quantitative estimate of drug-likeness (QED) is 0.924. The lowest BCUT2D eigenvalue weighted by molar-refractivity contribution is -0.205. The van der Waals surface area contributed by atoms with Crippen molar-refractivity contribution in [2.75, 3.05) is 0 Å². The van der Waals surface area contributed by atoms with E-state index in [1.807, 2.05) is 0 Å². The van der Waals surface area contributed by atoms with Gasteiger partial charge in [-0.3, -0.25) is 9.59 Å². The lowest BCUT2D eigenvalue weighted by Crippen LogP contribution is -2.54. The second-order valence-electron chi connectivity index (χ2n) is 5.80. The number of primary amides is 1. The van der Waals surface area contributed by atoms with E-state index in [1.54, 1.807) is 0 Å². The first kappa shape index (κ1) is 16.3. The Morgan fingerprint density at radius 1 is 1.38 bits per heavy atom. The summed E-state index contributed by atoms with van der Waals surface area (Å²) in [6.45, 7) is 0.995. The van der Waals surface area contributed by atoms with Gasteiger partial charge in [0.2, 0.25) is 11.8 Å². The highest BCUT2D eigenvalue weighted by Crippen LogP contribution is 2.56. The maximum absolute atomic E-state index is 13.5. The minimum absolute atomic E-state index is 0.150. The number of hydrogen-bond acceptors (Lipinski definition) is 4. The lowest BCUT2D eigenvalue weighted by atomic mass is 10.0. The second kappa shape index (κ2) is 5.22. The van der Waals surface area contributed by atoms with Crippen molar-refractivity contribution in [3.63, 3.8) is 0 Å². The number of alkyl halides is 3. The Kier molecular flexibility index (Phi) is 3.54. The van der Waals surface area contributed by atoms with Crippen LogP contribution in [0.25, 0.3) is 11.1 Å². The highest BCUT2D eigenvalue weighted by atomic mass is 19.4. The van der Waals surface area contributed by atoms with E-state index < -0.39 is 29.6 Å². The van der Waals surface area contributed by atoms with Gasteiger partial charge in [-0.1, -0.05) is 6.07 Å². The van der Waals surface area contributed by atoms with E-state index in [4.69, 9.17) is 10.2 Å². The van der Waals surface area contributed by atoms with Crippen LogP contribution < -0.4 is 5.73 Å². The number of halogens is 3. The van der Waals surface area contributed by atoms with Gasteiger partial charge in [-0.2, -0.15) is 13.2 Å². The van der Waals surface area contributed by atoms with Crippen LogP contribution in [0.3, 0.4) is 0 Å². The molecule has 2 aromatic rings. The summed E-state index contributed by atoms with van der Waals surface area (Å²) in [6, 6.07) is 2.75. The predicted molar refractivity (Wildman–Crippen MR) is 76.5 cm³/mol. The zero-order chi connectivity index (χ0) is 17.7. The molecule has 1 atom stereocenters. The molecule has 0 saturated heterocycles. The van der Waals surface area contributed by atoms with Crippen LogP contribution in [0.5, 0.6) is 0 Å². The average Bonchev–Trinajstić information content (AvgIpc) is 3.14. The highest BCUT2D eigenvalue weighted by molar-refractivity contribution is 5.89. The standard InChI is InChI=1S/C15H14F3N3O3/c1-8(22)21(14(4-5-14)15(16,17)18)12(13(19)23)9-2-3-10-11(6-9)24-7-20-10/h2-3,6-7,12H,4-5H2,1H3,(H2,19,23). The molecular weight excluding hydrogens is 327 g/mol. The van der Waals surface area contributed by atoms with Gasteiger partial charge < -0.3 is 15.1 Å². The number of nitrogens with two attached hydrogens (primary N) is 1. The molecule has 0 bridgehead atoms. The van der Waals surface area contributed by atoms with Gasteiger partial charge in [0, 0.05) is 6.92 Å². The average molecular weight is 341 g/mol. The number of fused-ring (bicyclic) bond motifs is 1. The Balaban J connectivity index is 2.11. The monoisotopic (exact) mass is 341 g/mol. The van der Waals surface area contributed by atoms with Gasteiger partial charge in [-0.25, -0.2) is 4.98 Å². The number of carbonyl (C=O) groups excluding carboxylic acids is 2. The molecule has 1 aromatic heterocycles. The second-order valence-corrected chi connectivity index (χ2v) is 5.80. The van der Waals surface area contributed by atoms with Crippen molar-refractivity contribution in [1.82, 2.24) is 9.88 Å². The van der Waals surface area contributed by atoms with Crippen LogP contribution in [-0.2, 0) is 9.59 Å². The van der Waals surface area contributed by atoms with Crippen LogP contribution in [-0.4, -0.2) is 33.4 Å². The summed E-state index contributed by atoms with van der Waals surface area (Å²) in [7, 11) is 0. The van der Waals surface area contributed by atoms with Crippen molar-refractivity contribution in [3.8, 4) is 0 Å². The number of benzene rings is 1. The van der Waals surface area contributed by atoms with Crippen LogP contribution in [0.2, 0.25) is 0 Å². The summed E-state index contributed by atoms with van der Waals surface area (Å²) < 4.78 is 45.5. The number of nitrogens with zero attached hydrogens (tertiary/aromatic N) is 2. The fourth-order valence-electron chi connectivity index (χ4n) is 2.99. The molecule has 1 aromatic carbocycles. The van der Waals surface area contributed by atoms with Crippen LogP contribution in [0.15, 0.2) is 29.0 Å². The van der Waals surface area contributed by atoms with Crippen LogP contribution in [0.1, 0.15) is 31.4 Å². The van der Waals surface area contributed by atoms with Crippen LogP contribution in [0, 0.1) is 0 Å². The number of amides is 2. The molecular formula is C15H14F3N3O3. The maximum Gasteiger partial charge on any atom is 0.411 e. The number of carbonyl (C=O) groups is 2. The molecule has 1 heterocycles. The fraction of sp³-hybridized carbons (Fsp3) is 0.400. The summed E-state index contributed by atoms with van der Waals surface area (Å²) >= 11 is 0. The van der Waals surface area contributed by atoms with Crippen LogP contribution in [0.4, 0.5) is 13.2 Å². The van der Waals surface area contributed by atoms with Gasteiger partial charge in [0.15, 0.2) is 12.0 Å². The van der Waals surface area contributed by atoms with Gasteiger partial charge in [0.25, 0.3) is 0 Å². The number of oxazole rings is 1. The summed E-state index contributed by atoms with van der Waals surface area (Å²) in [6.07, 6.45) is -3.99. The molecule has 3 rings (SSSR count). The van der Waals surface area contributed by atoms with Gasteiger partial charge in [0.1, 0.15) is 17.1 Å². The number of aromatic nitrogens is 1. The molecule has 1 unspecified atom stereocenters.